The van der Waals surface area contributed by atoms with Crippen LogP contribution in [0.15, 0.2) is 36.9 Å². The number of pyridine rings is 1. The third kappa shape index (κ3) is 2.92. The van der Waals surface area contributed by atoms with Gasteiger partial charge in [0.1, 0.15) is 23.8 Å². The fourth-order valence-corrected chi connectivity index (χ4v) is 6.83. The third-order valence-electron chi connectivity index (χ3n) is 7.43. The summed E-state index contributed by atoms with van der Waals surface area (Å²) in [5.41, 5.74) is 1.64. The molecule has 0 spiro atoms. The first-order valence-corrected chi connectivity index (χ1v) is 10.6. The maximum absolute atomic E-state index is 13.2. The number of rotatable bonds is 5. The Morgan fingerprint density at radius 2 is 1.93 bits per heavy atom. The molecule has 29 heavy (non-hydrogen) atoms. The van der Waals surface area contributed by atoms with Crippen molar-refractivity contribution in [2.24, 2.45) is 23.2 Å². The summed E-state index contributed by atoms with van der Waals surface area (Å²) in [6.45, 7) is 0. The second-order valence-electron chi connectivity index (χ2n) is 9.47. The molecule has 7 rings (SSSR count). The van der Waals surface area contributed by atoms with Gasteiger partial charge in [-0.05, 0) is 90.7 Å². The Labute approximate surface area is 168 Å². The molecule has 3 aromatic heterocycles. The standard InChI is InChI=1S/C21H25N7O/c29-20(17-2-1-3-18-22-4-5-27(17)18)24-19(28-13-23-25-26-28)12-21-9-14-6-15(10-21)8-16(7-14)11-21/h1-5,13-16,19H,6-12H2,(H,24,29). The number of tetrazole rings is 1. The molecule has 8 nitrogen and oxygen atoms in total. The molecule has 150 valence electrons. The Hall–Kier alpha value is -2.77. The molecule has 3 aromatic rings. The quantitative estimate of drug-likeness (QED) is 0.722. The van der Waals surface area contributed by atoms with E-state index in [1.54, 1.807) is 17.2 Å². The maximum atomic E-state index is 13.2. The predicted octanol–water partition coefficient (Wildman–Crippen LogP) is 2.86. The molecular weight excluding hydrogens is 366 g/mol. The molecule has 1 amide bonds. The van der Waals surface area contributed by atoms with Crippen LogP contribution in [0.5, 0.6) is 0 Å². The van der Waals surface area contributed by atoms with Crippen LogP contribution in [0.2, 0.25) is 0 Å². The predicted molar refractivity (Wildman–Crippen MR) is 105 cm³/mol. The normalized spacial score (nSPS) is 31.2. The second kappa shape index (κ2) is 6.37. The van der Waals surface area contributed by atoms with Gasteiger partial charge in [0.2, 0.25) is 0 Å². The van der Waals surface area contributed by atoms with Crippen LogP contribution in [-0.4, -0.2) is 35.5 Å². The van der Waals surface area contributed by atoms with Gasteiger partial charge in [0.25, 0.3) is 5.91 Å². The van der Waals surface area contributed by atoms with Crippen LogP contribution in [0, 0.1) is 23.2 Å². The number of hydrogen-bond donors (Lipinski definition) is 1. The van der Waals surface area contributed by atoms with Gasteiger partial charge < -0.3 is 5.32 Å². The van der Waals surface area contributed by atoms with Crippen molar-refractivity contribution < 1.29 is 4.79 Å². The van der Waals surface area contributed by atoms with Crippen molar-refractivity contribution in [1.29, 1.82) is 0 Å². The number of nitrogens with one attached hydrogen (secondary N) is 1. The monoisotopic (exact) mass is 391 g/mol. The van der Waals surface area contributed by atoms with E-state index < -0.39 is 0 Å². The van der Waals surface area contributed by atoms with Gasteiger partial charge in [0.15, 0.2) is 0 Å². The molecule has 4 fully saturated rings. The summed E-state index contributed by atoms with van der Waals surface area (Å²) in [5, 5.41) is 15.0. The fraction of sp³-hybridized carbons (Fsp3) is 0.571. The second-order valence-corrected chi connectivity index (χ2v) is 9.47. The van der Waals surface area contributed by atoms with Gasteiger partial charge in [-0.1, -0.05) is 6.07 Å². The van der Waals surface area contributed by atoms with Crippen molar-refractivity contribution in [3.05, 3.63) is 42.6 Å². The zero-order valence-electron chi connectivity index (χ0n) is 16.3. The summed E-state index contributed by atoms with van der Waals surface area (Å²) in [7, 11) is 0. The number of imidazole rings is 1. The molecule has 0 aromatic carbocycles. The van der Waals surface area contributed by atoms with E-state index in [0.717, 1.165) is 29.8 Å². The number of nitrogens with zero attached hydrogens (tertiary/aromatic N) is 6. The van der Waals surface area contributed by atoms with Crippen LogP contribution in [0.25, 0.3) is 5.65 Å². The number of aromatic nitrogens is 6. The van der Waals surface area contributed by atoms with E-state index in [0.29, 0.717) is 11.1 Å². The smallest absolute Gasteiger partial charge is 0.269 e. The minimum Gasteiger partial charge on any atom is -0.329 e. The van der Waals surface area contributed by atoms with Gasteiger partial charge in [0, 0.05) is 12.4 Å². The Morgan fingerprint density at radius 3 is 2.62 bits per heavy atom. The van der Waals surface area contributed by atoms with Crippen LogP contribution in [0.4, 0.5) is 0 Å². The van der Waals surface area contributed by atoms with Crippen molar-refractivity contribution in [1.82, 2.24) is 34.9 Å². The van der Waals surface area contributed by atoms with Crippen molar-refractivity contribution in [2.45, 2.75) is 51.1 Å². The molecule has 0 radical (unpaired) electrons. The lowest BCUT2D eigenvalue weighted by atomic mass is 9.48. The van der Waals surface area contributed by atoms with Crippen molar-refractivity contribution in [3.63, 3.8) is 0 Å². The van der Waals surface area contributed by atoms with E-state index in [-0.39, 0.29) is 12.1 Å². The minimum atomic E-state index is -0.243. The SMILES string of the molecule is O=C(NC(CC12CC3CC(CC(C3)C1)C2)n1cnnn1)c1cccc2nccn12. The van der Waals surface area contributed by atoms with E-state index in [4.69, 9.17) is 0 Å². The number of hydrogen-bond acceptors (Lipinski definition) is 5. The van der Waals surface area contributed by atoms with Gasteiger partial charge in [-0.2, -0.15) is 0 Å². The molecule has 8 heteroatoms. The molecule has 4 aliphatic carbocycles. The highest BCUT2D eigenvalue weighted by Gasteiger charge is 2.51. The summed E-state index contributed by atoms with van der Waals surface area (Å²) >= 11 is 0. The lowest BCUT2D eigenvalue weighted by molar-refractivity contribution is -0.0665. The Balaban J connectivity index is 1.29. The molecule has 1 unspecified atom stereocenters. The Morgan fingerprint density at radius 1 is 1.17 bits per heavy atom. The van der Waals surface area contributed by atoms with E-state index in [2.05, 4.69) is 25.8 Å². The first kappa shape index (κ1) is 17.1. The van der Waals surface area contributed by atoms with Gasteiger partial charge in [-0.15, -0.1) is 5.10 Å². The van der Waals surface area contributed by atoms with Crippen molar-refractivity contribution in [2.75, 3.05) is 0 Å². The molecular formula is C21H25N7O. The maximum Gasteiger partial charge on any atom is 0.269 e. The highest BCUT2D eigenvalue weighted by atomic mass is 16.2. The average molecular weight is 391 g/mol. The number of fused-ring (bicyclic) bond motifs is 1. The largest absolute Gasteiger partial charge is 0.329 e. The number of amides is 1. The molecule has 1 N–H and O–H groups in total. The van der Waals surface area contributed by atoms with Crippen LogP contribution in [0.1, 0.15) is 61.6 Å². The van der Waals surface area contributed by atoms with Crippen LogP contribution in [0.3, 0.4) is 0 Å². The lowest BCUT2D eigenvalue weighted by Crippen LogP contribution is -2.48. The number of carbonyl (C=O) groups is 1. The summed E-state index contributed by atoms with van der Waals surface area (Å²) in [6, 6.07) is 5.58. The van der Waals surface area contributed by atoms with E-state index in [1.807, 2.05) is 28.8 Å². The Kier molecular flexibility index (Phi) is 3.76. The minimum absolute atomic E-state index is 0.126. The van der Waals surface area contributed by atoms with Crippen molar-refractivity contribution >= 4 is 11.6 Å². The number of carbonyl (C=O) groups excluding carboxylic acids is 1. The first-order valence-electron chi connectivity index (χ1n) is 10.6. The molecule has 1 atom stereocenters. The summed E-state index contributed by atoms with van der Waals surface area (Å²) in [5.74, 6) is 2.47. The van der Waals surface area contributed by atoms with Gasteiger partial charge in [-0.3, -0.25) is 9.20 Å². The molecule has 4 aliphatic rings. The summed E-state index contributed by atoms with van der Waals surface area (Å²) in [6.07, 6.45) is 13.9. The molecule has 0 saturated heterocycles. The fourth-order valence-electron chi connectivity index (χ4n) is 6.83. The highest BCUT2D eigenvalue weighted by Crippen LogP contribution is 2.62. The molecule has 4 saturated carbocycles. The van der Waals surface area contributed by atoms with Gasteiger partial charge in [-0.25, -0.2) is 9.67 Å². The zero-order valence-corrected chi connectivity index (χ0v) is 16.3. The highest BCUT2D eigenvalue weighted by molar-refractivity contribution is 5.93. The van der Waals surface area contributed by atoms with Crippen LogP contribution in [-0.2, 0) is 0 Å². The average Bonchev–Trinajstić information content (AvgIpc) is 3.37. The molecule has 4 bridgehead atoms. The topological polar surface area (TPSA) is 90.0 Å². The summed E-state index contributed by atoms with van der Waals surface area (Å²) in [4.78, 5) is 17.5. The van der Waals surface area contributed by atoms with Gasteiger partial charge >= 0.3 is 0 Å². The lowest BCUT2D eigenvalue weighted by Gasteiger charge is -2.57. The summed E-state index contributed by atoms with van der Waals surface area (Å²) < 4.78 is 3.53. The first-order chi connectivity index (χ1) is 14.2. The molecule has 3 heterocycles. The Bertz CT molecular complexity index is 1010. The van der Waals surface area contributed by atoms with Gasteiger partial charge in [0.05, 0.1) is 0 Å². The van der Waals surface area contributed by atoms with Crippen molar-refractivity contribution in [3.8, 4) is 0 Å². The molecule has 0 aliphatic heterocycles. The van der Waals surface area contributed by atoms with Crippen LogP contribution < -0.4 is 5.32 Å². The zero-order chi connectivity index (χ0) is 19.4. The van der Waals surface area contributed by atoms with E-state index >= 15 is 0 Å². The van der Waals surface area contributed by atoms with E-state index in [9.17, 15) is 4.79 Å². The van der Waals surface area contributed by atoms with Crippen LogP contribution >= 0.6 is 0 Å². The third-order valence-corrected chi connectivity index (χ3v) is 7.43. The van der Waals surface area contributed by atoms with E-state index in [1.165, 1.54) is 38.5 Å².